The van der Waals surface area contributed by atoms with Crippen molar-refractivity contribution < 1.29 is 14.3 Å². The lowest BCUT2D eigenvalue weighted by Crippen LogP contribution is -2.26. The first-order chi connectivity index (χ1) is 16.8. The van der Waals surface area contributed by atoms with Gasteiger partial charge in [-0.2, -0.15) is 0 Å². The van der Waals surface area contributed by atoms with E-state index in [-0.39, 0.29) is 5.91 Å². The van der Waals surface area contributed by atoms with Crippen LogP contribution in [0.25, 0.3) is 0 Å². The number of amides is 2. The van der Waals surface area contributed by atoms with Crippen LogP contribution in [-0.4, -0.2) is 32.1 Å². The number of anilines is 1. The van der Waals surface area contributed by atoms with E-state index >= 15 is 0 Å². The van der Waals surface area contributed by atoms with E-state index in [1.165, 1.54) is 0 Å². The molecule has 186 valence electrons. The molecule has 2 aromatic rings. The molecule has 2 rings (SSSR count). The Morgan fingerprint density at radius 3 is 2.26 bits per heavy atom. The summed E-state index contributed by atoms with van der Waals surface area (Å²) in [6.45, 7) is 7.37. The molecule has 0 unspecified atom stereocenters. The zero-order valence-corrected chi connectivity index (χ0v) is 21.0. The van der Waals surface area contributed by atoms with Crippen LogP contribution < -0.4 is 21.7 Å². The molecule has 0 radical (unpaired) electrons. The second-order valence-electron chi connectivity index (χ2n) is 8.15. The van der Waals surface area contributed by atoms with Crippen LogP contribution in [0.2, 0.25) is 0 Å². The molecule has 0 heterocycles. The average molecular weight is 477 g/mol. The molecule has 5 N–H and O–H groups in total. The standard InChI is InChI=1S/C28H36N4O3/c1-5-20(2)17-25(27(29)33)26(31-19-22-9-7-6-8-10-22)18-21(3)32-24-13-11-23(12-14-24)28(34)30-15-16-35-4/h6-14,17-18,31-32H,5,15-16,19H2,1-4H3,(H2,29,33)(H,30,34)/b20-17+,21-18+,26-25-. The van der Waals surface area contributed by atoms with E-state index in [4.69, 9.17) is 10.5 Å². The van der Waals surface area contributed by atoms with E-state index in [2.05, 4.69) is 16.0 Å². The highest BCUT2D eigenvalue weighted by Crippen LogP contribution is 2.16. The lowest BCUT2D eigenvalue weighted by atomic mass is 10.1. The molecule has 2 amide bonds. The Morgan fingerprint density at radius 1 is 0.971 bits per heavy atom. The maximum atomic E-state index is 12.3. The molecule has 0 bridgehead atoms. The molecule has 0 saturated heterocycles. The zero-order chi connectivity index (χ0) is 25.6. The lowest BCUT2D eigenvalue weighted by Gasteiger charge is -2.14. The van der Waals surface area contributed by atoms with Crippen LogP contribution in [0.5, 0.6) is 0 Å². The monoisotopic (exact) mass is 476 g/mol. The van der Waals surface area contributed by atoms with Crippen molar-refractivity contribution in [1.29, 1.82) is 0 Å². The number of carbonyl (C=O) groups is 2. The molecule has 35 heavy (non-hydrogen) atoms. The summed E-state index contributed by atoms with van der Waals surface area (Å²) in [4.78, 5) is 24.5. The number of methoxy groups -OCH3 is 1. The normalized spacial score (nSPS) is 12.6. The molecular formula is C28H36N4O3. The van der Waals surface area contributed by atoms with Crippen LogP contribution in [0.15, 0.2) is 89.3 Å². The van der Waals surface area contributed by atoms with Gasteiger partial charge in [-0.25, -0.2) is 0 Å². The lowest BCUT2D eigenvalue weighted by molar-refractivity contribution is -0.114. The maximum Gasteiger partial charge on any atom is 0.251 e. The summed E-state index contributed by atoms with van der Waals surface area (Å²) in [6.07, 6.45) is 4.51. The fraction of sp³-hybridized carbons (Fsp3) is 0.286. The van der Waals surface area contributed by atoms with Gasteiger partial charge in [0.1, 0.15) is 0 Å². The Balaban J connectivity index is 2.25. The van der Waals surface area contributed by atoms with Gasteiger partial charge in [-0.05, 0) is 62.2 Å². The van der Waals surface area contributed by atoms with Gasteiger partial charge in [0.25, 0.3) is 11.8 Å². The predicted molar refractivity (Wildman–Crippen MR) is 142 cm³/mol. The third-order valence-electron chi connectivity index (χ3n) is 5.27. The van der Waals surface area contributed by atoms with E-state index in [1.807, 2.05) is 75.4 Å². The smallest absolute Gasteiger partial charge is 0.251 e. The number of primary amides is 1. The molecule has 0 fully saturated rings. The van der Waals surface area contributed by atoms with Crippen molar-refractivity contribution >= 4 is 17.5 Å². The van der Waals surface area contributed by atoms with E-state index in [0.29, 0.717) is 36.5 Å². The molecule has 0 aliphatic carbocycles. The fourth-order valence-corrected chi connectivity index (χ4v) is 3.20. The van der Waals surface area contributed by atoms with Crippen molar-refractivity contribution in [3.05, 3.63) is 100 Å². The molecule has 2 aromatic carbocycles. The third kappa shape index (κ3) is 9.51. The van der Waals surface area contributed by atoms with E-state index in [0.717, 1.165) is 28.9 Å². The molecule has 0 spiro atoms. The summed E-state index contributed by atoms with van der Waals surface area (Å²) in [7, 11) is 1.59. The highest BCUT2D eigenvalue weighted by atomic mass is 16.5. The molecule has 0 aliphatic heterocycles. The van der Waals surface area contributed by atoms with Crippen LogP contribution in [0.1, 0.15) is 43.1 Å². The zero-order valence-electron chi connectivity index (χ0n) is 21.0. The summed E-state index contributed by atoms with van der Waals surface area (Å²) in [5.74, 6) is -0.651. The topological polar surface area (TPSA) is 105 Å². The Hall–Kier alpha value is -3.84. The Bertz CT molecular complexity index is 1070. The van der Waals surface area contributed by atoms with Gasteiger partial charge in [0, 0.05) is 42.8 Å². The van der Waals surface area contributed by atoms with E-state index in [9.17, 15) is 9.59 Å². The van der Waals surface area contributed by atoms with Gasteiger partial charge in [0.2, 0.25) is 0 Å². The van der Waals surface area contributed by atoms with Crippen LogP contribution in [0.4, 0.5) is 5.69 Å². The van der Waals surface area contributed by atoms with E-state index < -0.39 is 5.91 Å². The first-order valence-electron chi connectivity index (χ1n) is 11.7. The summed E-state index contributed by atoms with van der Waals surface area (Å²) >= 11 is 0. The number of carbonyl (C=O) groups excluding carboxylic acids is 2. The van der Waals surface area contributed by atoms with Crippen molar-refractivity contribution in [1.82, 2.24) is 10.6 Å². The number of nitrogens with two attached hydrogens (primary N) is 1. The van der Waals surface area contributed by atoms with Gasteiger partial charge in [-0.3, -0.25) is 9.59 Å². The Morgan fingerprint density at radius 2 is 1.66 bits per heavy atom. The predicted octanol–water partition coefficient (Wildman–Crippen LogP) is 4.26. The molecule has 7 heteroatoms. The number of hydrogen-bond donors (Lipinski definition) is 4. The quantitative estimate of drug-likeness (QED) is 0.196. The van der Waals surface area contributed by atoms with Gasteiger partial charge >= 0.3 is 0 Å². The van der Waals surface area contributed by atoms with Crippen LogP contribution in [-0.2, 0) is 16.1 Å². The van der Waals surface area contributed by atoms with Crippen molar-refractivity contribution in [3.63, 3.8) is 0 Å². The largest absolute Gasteiger partial charge is 0.383 e. The average Bonchev–Trinajstić information content (AvgIpc) is 2.86. The van der Waals surface area contributed by atoms with Crippen molar-refractivity contribution in [3.8, 4) is 0 Å². The van der Waals surface area contributed by atoms with Gasteiger partial charge in [-0.15, -0.1) is 0 Å². The number of nitrogens with one attached hydrogen (secondary N) is 3. The van der Waals surface area contributed by atoms with Gasteiger partial charge in [-0.1, -0.05) is 42.8 Å². The first-order valence-corrected chi connectivity index (χ1v) is 11.7. The first kappa shape index (κ1) is 27.4. The Kier molecular flexibility index (Phi) is 11.3. The van der Waals surface area contributed by atoms with Crippen molar-refractivity contribution in [2.75, 3.05) is 25.6 Å². The molecule has 0 aromatic heterocycles. The van der Waals surface area contributed by atoms with Crippen molar-refractivity contribution in [2.24, 2.45) is 5.73 Å². The van der Waals surface area contributed by atoms with Crippen LogP contribution in [0.3, 0.4) is 0 Å². The molecule has 7 nitrogen and oxygen atoms in total. The van der Waals surface area contributed by atoms with Gasteiger partial charge < -0.3 is 26.4 Å². The van der Waals surface area contributed by atoms with Crippen molar-refractivity contribution in [2.45, 2.75) is 33.7 Å². The summed E-state index contributed by atoms with van der Waals surface area (Å²) < 4.78 is 4.95. The highest BCUT2D eigenvalue weighted by Gasteiger charge is 2.11. The second-order valence-corrected chi connectivity index (χ2v) is 8.15. The fourth-order valence-electron chi connectivity index (χ4n) is 3.20. The highest BCUT2D eigenvalue weighted by molar-refractivity contribution is 5.96. The minimum absolute atomic E-state index is 0.152. The molecule has 0 aliphatic rings. The second kappa shape index (κ2) is 14.4. The molecule has 0 saturated carbocycles. The number of hydrogen-bond acceptors (Lipinski definition) is 5. The third-order valence-corrected chi connectivity index (χ3v) is 5.27. The molecule has 0 atom stereocenters. The Labute approximate surface area is 208 Å². The number of allylic oxidation sites excluding steroid dienone is 3. The summed E-state index contributed by atoms with van der Waals surface area (Å²) in [5.41, 5.74) is 11.1. The summed E-state index contributed by atoms with van der Waals surface area (Å²) in [5, 5.41) is 9.48. The van der Waals surface area contributed by atoms with Gasteiger partial charge in [0.05, 0.1) is 12.2 Å². The minimum Gasteiger partial charge on any atom is -0.383 e. The summed E-state index contributed by atoms with van der Waals surface area (Å²) in [6, 6.07) is 17.1. The molecular weight excluding hydrogens is 440 g/mol. The van der Waals surface area contributed by atoms with Crippen LogP contribution in [0, 0.1) is 0 Å². The van der Waals surface area contributed by atoms with Crippen LogP contribution >= 0.6 is 0 Å². The van der Waals surface area contributed by atoms with Gasteiger partial charge in [0.15, 0.2) is 0 Å². The van der Waals surface area contributed by atoms with E-state index in [1.54, 1.807) is 19.2 Å². The SMILES string of the molecule is CC/C(C)=C/C(C(N)=O)=C(\C=C(/C)Nc1ccc(C(=O)NCCOC)cc1)NCc1ccccc1. The maximum absolute atomic E-state index is 12.3. The minimum atomic E-state index is -0.499. The number of benzene rings is 2. The number of ether oxygens (including phenoxy) is 1. The number of rotatable bonds is 13.